The number of rotatable bonds is 1. The van der Waals surface area contributed by atoms with Crippen molar-refractivity contribution in [3.05, 3.63) is 0 Å². The average Bonchev–Trinajstić information content (AvgIpc) is 3.11. The zero-order chi connectivity index (χ0) is 14.4. The molecule has 21 heavy (non-hydrogen) atoms. The molecule has 5 atom stereocenters. The monoisotopic (exact) mass is 292 g/mol. The minimum Gasteiger partial charge on any atom is -0.378 e. The molecule has 1 aliphatic heterocycles. The van der Waals surface area contributed by atoms with Gasteiger partial charge in [0.05, 0.1) is 13.2 Å². The van der Waals surface area contributed by atoms with Crippen molar-refractivity contribution in [2.24, 2.45) is 28.9 Å². The Bertz CT molecular complexity index is 417. The predicted molar refractivity (Wildman–Crippen MR) is 80.6 cm³/mol. The zero-order valence-electron chi connectivity index (χ0n) is 12.9. The average molecular weight is 292 g/mol. The summed E-state index contributed by atoms with van der Waals surface area (Å²) in [6.45, 7) is 2.96. The first kappa shape index (κ1) is 14.0. The molecule has 4 aliphatic rings. The molecule has 1 heterocycles. The van der Waals surface area contributed by atoms with Crippen molar-refractivity contribution in [3.8, 4) is 0 Å². The highest BCUT2D eigenvalue weighted by Gasteiger charge is 2.58. The summed E-state index contributed by atoms with van der Waals surface area (Å²) in [5.41, 5.74) is 6.92. The van der Waals surface area contributed by atoms with Crippen LogP contribution in [0.3, 0.4) is 0 Å². The fourth-order valence-corrected chi connectivity index (χ4v) is 5.87. The third-order valence-electron chi connectivity index (χ3n) is 6.95. The topological polar surface area (TPSA) is 55.6 Å². The van der Waals surface area contributed by atoms with Gasteiger partial charge in [0.25, 0.3) is 0 Å². The number of amides is 1. The molecule has 4 nitrogen and oxygen atoms in total. The fraction of sp³-hybridized carbons (Fsp3) is 0.941. The Balaban J connectivity index is 1.49. The lowest BCUT2D eigenvalue weighted by Crippen LogP contribution is -2.52. The first-order valence-electron chi connectivity index (χ1n) is 8.83. The number of nitrogens with zero attached hydrogens (tertiary/aromatic N) is 1. The van der Waals surface area contributed by atoms with Gasteiger partial charge in [0, 0.05) is 25.0 Å². The van der Waals surface area contributed by atoms with Gasteiger partial charge in [-0.1, -0.05) is 6.42 Å². The number of hydrogen-bond donors (Lipinski definition) is 1. The first-order chi connectivity index (χ1) is 10.2. The quantitative estimate of drug-likeness (QED) is 0.801. The van der Waals surface area contributed by atoms with Crippen molar-refractivity contribution in [2.45, 2.75) is 51.0 Å². The molecule has 0 radical (unpaired) electrons. The SMILES string of the molecule is NC1C2CCC(C2)[C@]12CCCC(C(=O)N1CCOCC1)C2. The molecule has 0 aromatic rings. The van der Waals surface area contributed by atoms with Crippen LogP contribution in [0, 0.1) is 23.2 Å². The lowest BCUT2D eigenvalue weighted by atomic mass is 9.59. The summed E-state index contributed by atoms with van der Waals surface area (Å²) >= 11 is 0. The summed E-state index contributed by atoms with van der Waals surface area (Å²) in [5.74, 6) is 2.15. The van der Waals surface area contributed by atoms with E-state index in [9.17, 15) is 4.79 Å². The maximum absolute atomic E-state index is 12.8. The van der Waals surface area contributed by atoms with Crippen LogP contribution in [0.4, 0.5) is 0 Å². The molecule has 4 heteroatoms. The Hall–Kier alpha value is -0.610. The van der Waals surface area contributed by atoms with Crippen LogP contribution in [0.15, 0.2) is 0 Å². The van der Waals surface area contributed by atoms with Crippen LogP contribution in [0.5, 0.6) is 0 Å². The van der Waals surface area contributed by atoms with Gasteiger partial charge in [0.15, 0.2) is 0 Å². The van der Waals surface area contributed by atoms with Crippen molar-refractivity contribution >= 4 is 5.91 Å². The second-order valence-corrected chi connectivity index (χ2v) is 7.76. The maximum atomic E-state index is 12.8. The number of ether oxygens (including phenoxy) is 1. The summed E-state index contributed by atoms with van der Waals surface area (Å²) in [6.07, 6.45) is 8.61. The van der Waals surface area contributed by atoms with Crippen molar-refractivity contribution < 1.29 is 9.53 Å². The Labute approximate surface area is 127 Å². The molecular weight excluding hydrogens is 264 g/mol. The van der Waals surface area contributed by atoms with Gasteiger partial charge in [-0.2, -0.15) is 0 Å². The van der Waals surface area contributed by atoms with Crippen LogP contribution in [-0.2, 0) is 9.53 Å². The van der Waals surface area contributed by atoms with Gasteiger partial charge >= 0.3 is 0 Å². The van der Waals surface area contributed by atoms with E-state index in [1.807, 2.05) is 4.90 Å². The molecule has 3 saturated carbocycles. The minimum absolute atomic E-state index is 0.224. The molecule has 1 spiro atoms. The first-order valence-corrected chi connectivity index (χ1v) is 8.83. The van der Waals surface area contributed by atoms with Crippen LogP contribution >= 0.6 is 0 Å². The van der Waals surface area contributed by atoms with Gasteiger partial charge < -0.3 is 15.4 Å². The fourth-order valence-electron chi connectivity index (χ4n) is 5.87. The Morgan fingerprint density at radius 1 is 1.19 bits per heavy atom. The lowest BCUT2D eigenvalue weighted by molar-refractivity contribution is -0.143. The van der Waals surface area contributed by atoms with E-state index in [-0.39, 0.29) is 5.92 Å². The van der Waals surface area contributed by atoms with E-state index in [0.717, 1.165) is 37.8 Å². The largest absolute Gasteiger partial charge is 0.378 e. The van der Waals surface area contributed by atoms with Crippen LogP contribution in [0.1, 0.15) is 44.9 Å². The molecule has 1 amide bonds. The molecule has 4 unspecified atom stereocenters. The number of nitrogens with two attached hydrogens (primary N) is 1. The van der Waals surface area contributed by atoms with E-state index in [4.69, 9.17) is 10.5 Å². The molecule has 2 N–H and O–H groups in total. The summed E-state index contributed by atoms with van der Waals surface area (Å²) in [4.78, 5) is 14.9. The van der Waals surface area contributed by atoms with Gasteiger partial charge in [-0.3, -0.25) is 4.79 Å². The van der Waals surface area contributed by atoms with Gasteiger partial charge in [-0.15, -0.1) is 0 Å². The van der Waals surface area contributed by atoms with E-state index < -0.39 is 0 Å². The van der Waals surface area contributed by atoms with Crippen LogP contribution in [0.2, 0.25) is 0 Å². The molecule has 3 aliphatic carbocycles. The highest BCUT2D eigenvalue weighted by molar-refractivity contribution is 5.79. The summed E-state index contributed by atoms with van der Waals surface area (Å²) in [6, 6.07) is 0.358. The second-order valence-electron chi connectivity index (χ2n) is 7.76. The molecule has 1 saturated heterocycles. The Morgan fingerprint density at radius 2 is 2.00 bits per heavy atom. The van der Waals surface area contributed by atoms with Gasteiger partial charge in [0.1, 0.15) is 0 Å². The number of morpholine rings is 1. The van der Waals surface area contributed by atoms with Crippen LogP contribution in [0.25, 0.3) is 0 Å². The molecule has 2 bridgehead atoms. The highest BCUT2D eigenvalue weighted by Crippen LogP contribution is 2.61. The van der Waals surface area contributed by atoms with Crippen molar-refractivity contribution in [1.29, 1.82) is 0 Å². The van der Waals surface area contributed by atoms with Gasteiger partial charge in [-0.05, 0) is 55.8 Å². The van der Waals surface area contributed by atoms with E-state index in [1.165, 1.54) is 32.1 Å². The summed E-state index contributed by atoms with van der Waals surface area (Å²) < 4.78 is 5.37. The second kappa shape index (κ2) is 5.24. The molecule has 4 rings (SSSR count). The molecule has 0 aromatic carbocycles. The van der Waals surface area contributed by atoms with Gasteiger partial charge in [0.2, 0.25) is 5.91 Å². The number of hydrogen-bond acceptors (Lipinski definition) is 3. The maximum Gasteiger partial charge on any atom is 0.225 e. The molecule has 0 aromatic heterocycles. The molecule has 118 valence electrons. The standard InChI is InChI=1S/C17H28N2O2/c18-15-12-3-4-14(10-12)17(15)5-1-2-13(11-17)16(20)19-6-8-21-9-7-19/h12-15H,1-11,18H2/t12?,13?,14?,15?,17-/m1/s1. The third-order valence-corrected chi connectivity index (χ3v) is 6.95. The van der Waals surface area contributed by atoms with Crippen molar-refractivity contribution in [3.63, 3.8) is 0 Å². The number of carbonyl (C=O) groups is 1. The highest BCUT2D eigenvalue weighted by atomic mass is 16.5. The van der Waals surface area contributed by atoms with E-state index in [1.54, 1.807) is 0 Å². The zero-order valence-corrected chi connectivity index (χ0v) is 12.9. The Morgan fingerprint density at radius 3 is 2.71 bits per heavy atom. The Kier molecular flexibility index (Phi) is 3.49. The third kappa shape index (κ3) is 2.14. The molecule has 4 fully saturated rings. The smallest absolute Gasteiger partial charge is 0.225 e. The van der Waals surface area contributed by atoms with E-state index in [2.05, 4.69) is 0 Å². The molecular formula is C17H28N2O2. The van der Waals surface area contributed by atoms with Crippen LogP contribution < -0.4 is 5.73 Å². The van der Waals surface area contributed by atoms with E-state index >= 15 is 0 Å². The predicted octanol–water partition coefficient (Wildman–Crippen LogP) is 1.78. The normalized spacial score (nSPS) is 46.2. The minimum atomic E-state index is 0.224. The van der Waals surface area contributed by atoms with Crippen molar-refractivity contribution in [2.75, 3.05) is 26.3 Å². The number of fused-ring (bicyclic) bond motifs is 3. The number of carbonyl (C=O) groups excluding carboxylic acids is 1. The van der Waals surface area contributed by atoms with E-state index in [0.29, 0.717) is 30.6 Å². The summed E-state index contributed by atoms with van der Waals surface area (Å²) in [7, 11) is 0. The van der Waals surface area contributed by atoms with Gasteiger partial charge in [-0.25, -0.2) is 0 Å². The van der Waals surface area contributed by atoms with Crippen LogP contribution in [-0.4, -0.2) is 43.2 Å². The lowest BCUT2D eigenvalue weighted by Gasteiger charge is -2.48. The van der Waals surface area contributed by atoms with Crippen molar-refractivity contribution in [1.82, 2.24) is 4.90 Å². The summed E-state index contributed by atoms with van der Waals surface area (Å²) in [5, 5.41) is 0.